The summed E-state index contributed by atoms with van der Waals surface area (Å²) in [6, 6.07) is 6.44. The van der Waals surface area contributed by atoms with E-state index in [0.717, 1.165) is 42.4 Å². The van der Waals surface area contributed by atoms with E-state index in [2.05, 4.69) is 38.8 Å². The third-order valence-corrected chi connectivity index (χ3v) is 6.18. The van der Waals surface area contributed by atoms with Crippen LogP contribution < -0.4 is 16.0 Å². The van der Waals surface area contributed by atoms with Gasteiger partial charge in [-0.25, -0.2) is 4.98 Å². The summed E-state index contributed by atoms with van der Waals surface area (Å²) in [7, 11) is 0. The maximum Gasteiger partial charge on any atom is 0.193 e. The van der Waals surface area contributed by atoms with Crippen molar-refractivity contribution in [2.45, 2.75) is 44.9 Å². The van der Waals surface area contributed by atoms with E-state index in [1.165, 1.54) is 43.2 Å². The van der Waals surface area contributed by atoms with Gasteiger partial charge in [-0.2, -0.15) is 0 Å². The number of nitrogens with two attached hydrogens (primary N) is 1. The molecule has 2 heterocycles. The average molecular weight is 370 g/mol. The van der Waals surface area contributed by atoms with Crippen LogP contribution in [0, 0.1) is 0 Å². The van der Waals surface area contributed by atoms with Gasteiger partial charge in [0.2, 0.25) is 0 Å². The first-order valence-corrected chi connectivity index (χ1v) is 10.5. The molecule has 4 rings (SSSR count). The summed E-state index contributed by atoms with van der Waals surface area (Å²) in [5.74, 6) is 0.499. The molecule has 2 aliphatic rings. The lowest BCUT2D eigenvalue weighted by molar-refractivity contribution is 0.687. The minimum atomic E-state index is 0.499. The zero-order chi connectivity index (χ0) is 17.8. The Morgan fingerprint density at radius 2 is 2.04 bits per heavy atom. The lowest BCUT2D eigenvalue weighted by atomic mass is 9.90. The van der Waals surface area contributed by atoms with Gasteiger partial charge in [-0.05, 0) is 55.7 Å². The first-order valence-electron chi connectivity index (χ1n) is 9.66. The fraction of sp³-hybridized carbons (Fsp3) is 0.500. The van der Waals surface area contributed by atoms with E-state index in [4.69, 9.17) is 10.7 Å². The molecule has 1 aromatic heterocycles. The van der Waals surface area contributed by atoms with E-state index in [-0.39, 0.29) is 0 Å². The number of fused-ring (bicyclic) bond motifs is 1. The van der Waals surface area contributed by atoms with Gasteiger partial charge in [0.15, 0.2) is 11.1 Å². The van der Waals surface area contributed by atoms with E-state index in [1.54, 1.807) is 11.3 Å². The van der Waals surface area contributed by atoms with Gasteiger partial charge in [0.25, 0.3) is 0 Å². The van der Waals surface area contributed by atoms with Gasteiger partial charge in [0.1, 0.15) is 0 Å². The minimum Gasteiger partial charge on any atom is -0.370 e. The first-order chi connectivity index (χ1) is 12.8. The number of hydrogen-bond acceptors (Lipinski definition) is 4. The van der Waals surface area contributed by atoms with Crippen LogP contribution in [0.3, 0.4) is 0 Å². The van der Waals surface area contributed by atoms with Crippen LogP contribution in [-0.2, 0) is 19.3 Å². The second-order valence-electron chi connectivity index (χ2n) is 7.11. The van der Waals surface area contributed by atoms with E-state index >= 15 is 0 Å². The molecule has 26 heavy (non-hydrogen) atoms. The second-order valence-corrected chi connectivity index (χ2v) is 7.94. The van der Waals surface area contributed by atoms with Crippen molar-refractivity contribution in [3.63, 3.8) is 0 Å². The van der Waals surface area contributed by atoms with Crippen LogP contribution in [0.4, 0.5) is 10.8 Å². The third kappa shape index (κ3) is 4.01. The molecule has 0 spiro atoms. The van der Waals surface area contributed by atoms with Gasteiger partial charge in [-0.15, -0.1) is 11.3 Å². The molecular weight excluding hydrogens is 342 g/mol. The number of guanidine groups is 1. The molecule has 5 nitrogen and oxygen atoms in total. The van der Waals surface area contributed by atoms with Crippen molar-refractivity contribution >= 4 is 28.1 Å². The Morgan fingerprint density at radius 1 is 1.19 bits per heavy atom. The van der Waals surface area contributed by atoms with Crippen LogP contribution in [0.2, 0.25) is 0 Å². The molecule has 1 aliphatic carbocycles. The highest BCUT2D eigenvalue weighted by Gasteiger charge is 2.15. The Hall–Kier alpha value is -2.08. The normalized spacial score (nSPS) is 17.4. The van der Waals surface area contributed by atoms with Crippen LogP contribution in [0.1, 0.15) is 42.5 Å². The Bertz CT molecular complexity index is 776. The Labute approximate surface area is 159 Å². The average Bonchev–Trinajstić information content (AvgIpc) is 3.34. The highest BCUT2D eigenvalue weighted by Crippen LogP contribution is 2.28. The number of hydrogen-bond donors (Lipinski definition) is 2. The van der Waals surface area contributed by atoms with Crippen molar-refractivity contribution in [2.24, 2.45) is 10.7 Å². The molecule has 1 aliphatic heterocycles. The lowest BCUT2D eigenvalue weighted by Crippen LogP contribution is -2.24. The number of aliphatic imine (C=N–C) groups is 1. The predicted molar refractivity (Wildman–Crippen MR) is 110 cm³/mol. The largest absolute Gasteiger partial charge is 0.370 e. The van der Waals surface area contributed by atoms with Gasteiger partial charge >= 0.3 is 0 Å². The molecule has 0 atom stereocenters. The molecule has 1 fully saturated rings. The fourth-order valence-corrected chi connectivity index (χ4v) is 4.75. The number of anilines is 2. The van der Waals surface area contributed by atoms with Crippen LogP contribution >= 0.6 is 11.3 Å². The quantitative estimate of drug-likeness (QED) is 0.624. The zero-order valence-corrected chi connectivity index (χ0v) is 16.0. The summed E-state index contributed by atoms with van der Waals surface area (Å²) in [5, 5.41) is 6.62. The monoisotopic (exact) mass is 369 g/mol. The van der Waals surface area contributed by atoms with Crippen molar-refractivity contribution in [1.29, 1.82) is 0 Å². The minimum absolute atomic E-state index is 0.499. The van der Waals surface area contributed by atoms with Crippen molar-refractivity contribution in [3.8, 4) is 0 Å². The smallest absolute Gasteiger partial charge is 0.193 e. The van der Waals surface area contributed by atoms with Crippen molar-refractivity contribution in [2.75, 3.05) is 29.9 Å². The maximum atomic E-state index is 6.12. The van der Waals surface area contributed by atoms with Crippen LogP contribution in [0.15, 0.2) is 28.6 Å². The maximum absolute atomic E-state index is 6.12. The second kappa shape index (κ2) is 8.08. The van der Waals surface area contributed by atoms with Gasteiger partial charge in [0, 0.05) is 37.1 Å². The van der Waals surface area contributed by atoms with Gasteiger partial charge in [0.05, 0.1) is 5.69 Å². The lowest BCUT2D eigenvalue weighted by Gasteiger charge is -2.19. The Morgan fingerprint density at radius 3 is 2.92 bits per heavy atom. The fourth-order valence-electron chi connectivity index (χ4n) is 3.83. The number of benzene rings is 1. The van der Waals surface area contributed by atoms with Crippen molar-refractivity contribution < 1.29 is 0 Å². The molecule has 0 saturated carbocycles. The molecule has 1 aromatic carbocycles. The molecule has 0 radical (unpaired) electrons. The number of aromatic nitrogens is 1. The summed E-state index contributed by atoms with van der Waals surface area (Å²) < 4.78 is 0. The summed E-state index contributed by atoms with van der Waals surface area (Å²) >= 11 is 1.74. The summed E-state index contributed by atoms with van der Waals surface area (Å²) in [6.45, 7) is 2.95. The topological polar surface area (TPSA) is 66.5 Å². The first kappa shape index (κ1) is 17.3. The van der Waals surface area contributed by atoms with E-state index < -0.39 is 0 Å². The highest BCUT2D eigenvalue weighted by molar-refractivity contribution is 7.13. The molecule has 1 saturated heterocycles. The highest BCUT2D eigenvalue weighted by atomic mass is 32.1. The number of nitrogens with one attached hydrogen (secondary N) is 1. The summed E-state index contributed by atoms with van der Waals surface area (Å²) in [4.78, 5) is 11.6. The van der Waals surface area contributed by atoms with Crippen molar-refractivity contribution in [3.05, 3.63) is 40.4 Å². The van der Waals surface area contributed by atoms with Gasteiger partial charge in [-0.3, -0.25) is 4.99 Å². The molecule has 0 amide bonds. The molecule has 0 bridgehead atoms. The number of rotatable bonds is 5. The number of thiazole rings is 1. The van der Waals surface area contributed by atoms with Crippen LogP contribution in [0.25, 0.3) is 0 Å². The molecule has 3 N–H and O–H groups in total. The molecule has 0 unspecified atom stereocenters. The SMILES string of the molecule is NC(=NCCc1csc(N2CCCC2)n1)Nc1cccc2c1CCCC2. The number of aryl methyl sites for hydroxylation is 1. The third-order valence-electron chi connectivity index (χ3n) is 5.22. The molecular formula is C20H27N5S. The van der Waals surface area contributed by atoms with Crippen LogP contribution in [0.5, 0.6) is 0 Å². The zero-order valence-electron chi connectivity index (χ0n) is 15.2. The van der Waals surface area contributed by atoms with Crippen molar-refractivity contribution in [1.82, 2.24) is 4.98 Å². The van der Waals surface area contributed by atoms with E-state index in [9.17, 15) is 0 Å². The van der Waals surface area contributed by atoms with Crippen LogP contribution in [-0.4, -0.2) is 30.6 Å². The Kier molecular flexibility index (Phi) is 5.39. The van der Waals surface area contributed by atoms with Gasteiger partial charge < -0.3 is 16.0 Å². The molecule has 138 valence electrons. The molecule has 2 aromatic rings. The Balaban J connectivity index is 1.33. The van der Waals surface area contributed by atoms with Gasteiger partial charge in [-0.1, -0.05) is 12.1 Å². The van der Waals surface area contributed by atoms with E-state index in [1.807, 2.05) is 0 Å². The summed E-state index contributed by atoms with van der Waals surface area (Å²) in [6.07, 6.45) is 8.24. The standard InChI is InChI=1S/C20H27N5S/c21-19(24-18-9-5-7-15-6-1-2-8-17(15)18)22-11-10-16-14-26-20(23-16)25-12-3-4-13-25/h5,7,9,14H,1-4,6,8,10-13H2,(H3,21,22,24). The predicted octanol–water partition coefficient (Wildman–Crippen LogP) is 3.59. The summed E-state index contributed by atoms with van der Waals surface area (Å²) in [5.41, 5.74) is 11.2. The van der Waals surface area contributed by atoms with E-state index in [0.29, 0.717) is 12.5 Å². The molecule has 6 heteroatoms. The number of nitrogens with zero attached hydrogens (tertiary/aromatic N) is 3.